The molecule has 1 N–H and O–H groups in total. The topological polar surface area (TPSA) is 51.2 Å². The third-order valence-electron chi connectivity index (χ3n) is 2.40. The number of carbonyl (C=O) groups is 1. The highest BCUT2D eigenvalue weighted by molar-refractivity contribution is 5.80. The molecule has 0 aliphatic carbocycles. The van der Waals surface area contributed by atoms with Crippen LogP contribution in [0.4, 0.5) is 4.39 Å². The molecule has 0 spiro atoms. The molecule has 0 aromatic carbocycles. The third-order valence-corrected chi connectivity index (χ3v) is 2.40. The number of pyridine rings is 1. The number of nitrogens with zero attached hydrogens (tertiary/aromatic N) is 1. The highest BCUT2D eigenvalue weighted by Crippen LogP contribution is 2.10. The van der Waals surface area contributed by atoms with Crippen LogP contribution in [0.25, 0.3) is 0 Å². The molecule has 1 heterocycles. The Balaban J connectivity index is 2.37. The maximum Gasteiger partial charge on any atom is 0.260 e. The number of amides is 1. The van der Waals surface area contributed by atoms with Crippen molar-refractivity contribution in [3.8, 4) is 5.75 Å². The van der Waals surface area contributed by atoms with E-state index in [0.29, 0.717) is 18.2 Å². The first-order chi connectivity index (χ1) is 8.49. The van der Waals surface area contributed by atoms with Crippen LogP contribution in [-0.2, 0) is 4.79 Å². The number of ether oxygens (including phenoxy) is 1. The summed E-state index contributed by atoms with van der Waals surface area (Å²) in [6.07, 6.45) is 1.56. The second-order valence-corrected chi connectivity index (χ2v) is 4.55. The minimum Gasteiger partial charge on any atom is -0.479 e. The summed E-state index contributed by atoms with van der Waals surface area (Å²) in [7, 11) is 0. The molecule has 0 radical (unpaired) electrons. The molecular formula is C13H19FN2O2. The summed E-state index contributed by atoms with van der Waals surface area (Å²) in [6, 6.07) is 2.64. The van der Waals surface area contributed by atoms with Crippen molar-refractivity contribution in [1.82, 2.24) is 10.3 Å². The zero-order valence-electron chi connectivity index (χ0n) is 10.9. The lowest BCUT2D eigenvalue weighted by molar-refractivity contribution is -0.127. The fraction of sp³-hybridized carbons (Fsp3) is 0.538. The van der Waals surface area contributed by atoms with Gasteiger partial charge < -0.3 is 10.1 Å². The molecule has 0 saturated carbocycles. The van der Waals surface area contributed by atoms with Crippen molar-refractivity contribution in [1.29, 1.82) is 0 Å². The standard InChI is InChI=1S/C13H19FN2O2/c1-9(2)6-7-15-13(17)10(3)18-11-4-5-12(14)16-8-11/h4-5,8-10H,6-7H2,1-3H3,(H,15,17). The molecule has 1 atom stereocenters. The summed E-state index contributed by atoms with van der Waals surface area (Å²) in [5.41, 5.74) is 0. The summed E-state index contributed by atoms with van der Waals surface area (Å²) in [5.74, 6) is 0.169. The molecular weight excluding hydrogens is 235 g/mol. The summed E-state index contributed by atoms with van der Waals surface area (Å²) < 4.78 is 17.9. The van der Waals surface area contributed by atoms with Crippen molar-refractivity contribution >= 4 is 5.91 Å². The van der Waals surface area contributed by atoms with Crippen LogP contribution in [0.15, 0.2) is 18.3 Å². The number of hydrogen-bond donors (Lipinski definition) is 1. The Hall–Kier alpha value is -1.65. The fourth-order valence-electron chi connectivity index (χ4n) is 1.32. The van der Waals surface area contributed by atoms with Crippen molar-refractivity contribution in [3.63, 3.8) is 0 Å². The van der Waals surface area contributed by atoms with E-state index in [-0.39, 0.29) is 5.91 Å². The quantitative estimate of drug-likeness (QED) is 0.791. The Morgan fingerprint density at radius 3 is 2.72 bits per heavy atom. The van der Waals surface area contributed by atoms with Crippen molar-refractivity contribution in [2.75, 3.05) is 6.54 Å². The summed E-state index contributed by atoms with van der Waals surface area (Å²) in [6.45, 7) is 6.46. The van der Waals surface area contributed by atoms with Gasteiger partial charge in [0.1, 0.15) is 5.75 Å². The normalized spacial score (nSPS) is 12.3. The van der Waals surface area contributed by atoms with E-state index >= 15 is 0 Å². The van der Waals surface area contributed by atoms with Gasteiger partial charge in [0.15, 0.2) is 6.10 Å². The van der Waals surface area contributed by atoms with Crippen molar-refractivity contribution in [3.05, 3.63) is 24.3 Å². The van der Waals surface area contributed by atoms with E-state index in [1.54, 1.807) is 6.92 Å². The van der Waals surface area contributed by atoms with Crippen LogP contribution in [0.5, 0.6) is 5.75 Å². The first kappa shape index (κ1) is 14.4. The zero-order valence-corrected chi connectivity index (χ0v) is 10.9. The second kappa shape index (κ2) is 6.93. The van der Waals surface area contributed by atoms with E-state index in [9.17, 15) is 9.18 Å². The number of hydrogen-bond acceptors (Lipinski definition) is 3. The van der Waals surface area contributed by atoms with Gasteiger partial charge >= 0.3 is 0 Å². The summed E-state index contributed by atoms with van der Waals surface area (Å²) in [4.78, 5) is 15.1. The number of rotatable bonds is 6. The van der Waals surface area contributed by atoms with Crippen LogP contribution in [0, 0.1) is 11.9 Å². The molecule has 1 amide bonds. The maximum atomic E-state index is 12.6. The van der Waals surface area contributed by atoms with Gasteiger partial charge in [-0.3, -0.25) is 4.79 Å². The van der Waals surface area contributed by atoms with Gasteiger partial charge in [0, 0.05) is 6.54 Å². The Bertz CT molecular complexity index is 379. The SMILES string of the molecule is CC(C)CCNC(=O)C(C)Oc1ccc(F)nc1. The van der Waals surface area contributed by atoms with Gasteiger partial charge in [-0.1, -0.05) is 13.8 Å². The molecule has 1 aromatic rings. The number of nitrogens with one attached hydrogen (secondary N) is 1. The average Bonchev–Trinajstić information content (AvgIpc) is 2.31. The number of halogens is 1. The lowest BCUT2D eigenvalue weighted by atomic mass is 10.1. The summed E-state index contributed by atoms with van der Waals surface area (Å²) >= 11 is 0. The summed E-state index contributed by atoms with van der Waals surface area (Å²) in [5, 5.41) is 2.79. The molecule has 1 rings (SSSR count). The number of aromatic nitrogens is 1. The van der Waals surface area contributed by atoms with Crippen LogP contribution in [0.2, 0.25) is 0 Å². The predicted molar refractivity (Wildman–Crippen MR) is 66.7 cm³/mol. The molecule has 1 aromatic heterocycles. The Morgan fingerprint density at radius 1 is 1.44 bits per heavy atom. The van der Waals surface area contributed by atoms with Crippen molar-refractivity contribution in [2.24, 2.45) is 5.92 Å². The van der Waals surface area contributed by atoms with Gasteiger partial charge in [-0.05, 0) is 31.4 Å². The van der Waals surface area contributed by atoms with E-state index in [2.05, 4.69) is 24.1 Å². The third kappa shape index (κ3) is 5.12. The van der Waals surface area contributed by atoms with Gasteiger partial charge in [0.25, 0.3) is 5.91 Å². The first-order valence-corrected chi connectivity index (χ1v) is 6.05. The van der Waals surface area contributed by atoms with Crippen LogP contribution in [0.3, 0.4) is 0 Å². The fourth-order valence-corrected chi connectivity index (χ4v) is 1.32. The zero-order chi connectivity index (χ0) is 13.5. The maximum absolute atomic E-state index is 12.6. The van der Waals surface area contributed by atoms with E-state index in [1.165, 1.54) is 18.3 Å². The molecule has 0 saturated heterocycles. The highest BCUT2D eigenvalue weighted by atomic mass is 19.1. The monoisotopic (exact) mass is 254 g/mol. The van der Waals surface area contributed by atoms with E-state index in [1.807, 2.05) is 0 Å². The molecule has 1 unspecified atom stereocenters. The van der Waals surface area contributed by atoms with Gasteiger partial charge in [-0.2, -0.15) is 4.39 Å². The molecule has 100 valence electrons. The molecule has 18 heavy (non-hydrogen) atoms. The second-order valence-electron chi connectivity index (χ2n) is 4.55. The molecule has 0 fully saturated rings. The smallest absolute Gasteiger partial charge is 0.260 e. The van der Waals surface area contributed by atoms with Gasteiger partial charge in [-0.25, -0.2) is 4.98 Å². The van der Waals surface area contributed by atoms with E-state index in [0.717, 1.165) is 6.42 Å². The van der Waals surface area contributed by atoms with Crippen LogP contribution < -0.4 is 10.1 Å². The Labute approximate surface area is 107 Å². The number of carbonyl (C=O) groups excluding carboxylic acids is 1. The first-order valence-electron chi connectivity index (χ1n) is 6.05. The Kier molecular flexibility index (Phi) is 5.55. The minimum absolute atomic E-state index is 0.181. The lowest BCUT2D eigenvalue weighted by Gasteiger charge is -2.14. The average molecular weight is 254 g/mol. The molecule has 0 aliphatic heterocycles. The van der Waals surface area contributed by atoms with Gasteiger partial charge in [0.2, 0.25) is 5.95 Å². The van der Waals surface area contributed by atoms with Gasteiger partial charge in [-0.15, -0.1) is 0 Å². The molecule has 0 bridgehead atoms. The van der Waals surface area contributed by atoms with Crippen LogP contribution in [0.1, 0.15) is 27.2 Å². The molecule has 5 heteroatoms. The molecule has 4 nitrogen and oxygen atoms in total. The lowest BCUT2D eigenvalue weighted by Crippen LogP contribution is -2.37. The van der Waals surface area contributed by atoms with Crippen molar-refractivity contribution < 1.29 is 13.9 Å². The van der Waals surface area contributed by atoms with Crippen LogP contribution >= 0.6 is 0 Å². The van der Waals surface area contributed by atoms with Crippen molar-refractivity contribution in [2.45, 2.75) is 33.3 Å². The molecule has 0 aliphatic rings. The predicted octanol–water partition coefficient (Wildman–Crippen LogP) is 2.15. The largest absolute Gasteiger partial charge is 0.479 e. The van der Waals surface area contributed by atoms with E-state index < -0.39 is 12.1 Å². The van der Waals surface area contributed by atoms with E-state index in [4.69, 9.17) is 4.74 Å². The minimum atomic E-state index is -0.621. The highest BCUT2D eigenvalue weighted by Gasteiger charge is 2.14. The van der Waals surface area contributed by atoms with Gasteiger partial charge in [0.05, 0.1) is 6.20 Å². The van der Waals surface area contributed by atoms with Crippen LogP contribution in [-0.4, -0.2) is 23.5 Å². The Morgan fingerprint density at radius 2 is 2.17 bits per heavy atom.